The van der Waals surface area contributed by atoms with E-state index in [-0.39, 0.29) is 17.1 Å². The second kappa shape index (κ2) is 7.74. The molecule has 1 unspecified atom stereocenters. The summed E-state index contributed by atoms with van der Waals surface area (Å²) in [5.41, 5.74) is 3.14. The van der Waals surface area contributed by atoms with Gasteiger partial charge in [0, 0.05) is 24.7 Å². The highest BCUT2D eigenvalue weighted by molar-refractivity contribution is 8.13. The fraction of sp³-hybridized carbons (Fsp3) is 0.300. The highest BCUT2D eigenvalue weighted by Crippen LogP contribution is 2.32. The smallest absolute Gasteiger partial charge is 0.285 e. The number of nitrogens with zero attached hydrogens (tertiary/aromatic N) is 1. The number of thioether (sulfide) groups is 1. The van der Waals surface area contributed by atoms with E-state index in [4.69, 9.17) is 0 Å². The summed E-state index contributed by atoms with van der Waals surface area (Å²) in [4.78, 5) is 27.0. The Morgan fingerprint density at radius 3 is 2.72 bits per heavy atom. The zero-order chi connectivity index (χ0) is 17.8. The van der Waals surface area contributed by atoms with Crippen LogP contribution < -0.4 is 5.32 Å². The summed E-state index contributed by atoms with van der Waals surface area (Å²) in [5, 5.41) is 2.98. The van der Waals surface area contributed by atoms with Crippen molar-refractivity contribution in [3.8, 4) is 0 Å². The van der Waals surface area contributed by atoms with Crippen LogP contribution in [0.5, 0.6) is 0 Å². The Labute approximate surface area is 152 Å². The molecule has 4 nitrogen and oxygen atoms in total. The van der Waals surface area contributed by atoms with Crippen LogP contribution in [0.1, 0.15) is 29.9 Å². The zero-order valence-corrected chi connectivity index (χ0v) is 15.3. The Morgan fingerprint density at radius 2 is 1.92 bits per heavy atom. The van der Waals surface area contributed by atoms with Crippen LogP contribution in [0.2, 0.25) is 0 Å². The van der Waals surface area contributed by atoms with Gasteiger partial charge in [0.2, 0.25) is 5.91 Å². The van der Waals surface area contributed by atoms with E-state index in [9.17, 15) is 9.59 Å². The van der Waals surface area contributed by atoms with E-state index < -0.39 is 0 Å². The lowest BCUT2D eigenvalue weighted by molar-refractivity contribution is -0.117. The van der Waals surface area contributed by atoms with Crippen LogP contribution in [-0.2, 0) is 11.2 Å². The molecule has 1 atom stereocenters. The molecule has 0 bridgehead atoms. The minimum Gasteiger partial charge on any atom is -0.339 e. The van der Waals surface area contributed by atoms with Crippen LogP contribution in [0.4, 0.5) is 10.5 Å². The molecule has 25 heavy (non-hydrogen) atoms. The molecule has 2 aromatic rings. The average molecular weight is 354 g/mol. The maximum absolute atomic E-state index is 12.8. The summed E-state index contributed by atoms with van der Waals surface area (Å²) in [6, 6.07) is 15.6. The summed E-state index contributed by atoms with van der Waals surface area (Å²) < 4.78 is 0. The average Bonchev–Trinajstić information content (AvgIpc) is 2.61. The van der Waals surface area contributed by atoms with Gasteiger partial charge in [0.1, 0.15) is 0 Å². The number of nitrogens with one attached hydrogen (secondary N) is 1. The second-order valence-corrected chi connectivity index (χ2v) is 7.45. The van der Waals surface area contributed by atoms with Crippen LogP contribution in [0.15, 0.2) is 53.4 Å². The van der Waals surface area contributed by atoms with Crippen molar-refractivity contribution in [2.45, 2.75) is 30.1 Å². The third-order valence-corrected chi connectivity index (χ3v) is 5.39. The van der Waals surface area contributed by atoms with Gasteiger partial charge in [-0.3, -0.25) is 9.59 Å². The summed E-state index contributed by atoms with van der Waals surface area (Å²) in [6.07, 6.45) is 2.94. The topological polar surface area (TPSA) is 49.4 Å². The molecule has 0 aromatic heterocycles. The lowest BCUT2D eigenvalue weighted by Gasteiger charge is -2.24. The first-order valence-electron chi connectivity index (χ1n) is 8.42. The fourth-order valence-electron chi connectivity index (χ4n) is 3.09. The van der Waals surface area contributed by atoms with Gasteiger partial charge in [-0.25, -0.2) is 0 Å². The Balaban J connectivity index is 1.73. The first kappa shape index (κ1) is 17.5. The molecular formula is C20H22N2O2S. The SMILES string of the molecule is CN(C)C(=O)Sc1cccc(NC(=O)C2CCCc3ccccc32)c1. The Kier molecular flexibility index (Phi) is 5.43. The minimum atomic E-state index is -0.107. The Bertz CT molecular complexity index is 789. The summed E-state index contributed by atoms with van der Waals surface area (Å²) in [5.74, 6) is -0.0853. The van der Waals surface area contributed by atoms with Crippen LogP contribution >= 0.6 is 11.8 Å². The number of hydrogen-bond donors (Lipinski definition) is 1. The molecule has 2 aromatic carbocycles. The third kappa shape index (κ3) is 4.23. The third-order valence-electron chi connectivity index (χ3n) is 4.36. The second-order valence-electron chi connectivity index (χ2n) is 6.42. The predicted octanol–water partition coefficient (Wildman–Crippen LogP) is 4.52. The van der Waals surface area contributed by atoms with Crippen LogP contribution in [0.25, 0.3) is 0 Å². The van der Waals surface area contributed by atoms with E-state index in [1.54, 1.807) is 14.1 Å². The van der Waals surface area contributed by atoms with Crippen molar-refractivity contribution in [3.63, 3.8) is 0 Å². The maximum Gasteiger partial charge on any atom is 0.285 e. The number of carbonyl (C=O) groups is 2. The quantitative estimate of drug-likeness (QED) is 0.825. The number of benzene rings is 2. The summed E-state index contributed by atoms with van der Waals surface area (Å²) in [6.45, 7) is 0. The van der Waals surface area contributed by atoms with Gasteiger partial charge in [0.25, 0.3) is 5.24 Å². The molecule has 0 spiro atoms. The van der Waals surface area contributed by atoms with Gasteiger partial charge >= 0.3 is 0 Å². The van der Waals surface area contributed by atoms with Crippen LogP contribution in [0, 0.1) is 0 Å². The van der Waals surface area contributed by atoms with Crippen molar-refractivity contribution >= 4 is 28.6 Å². The molecule has 3 rings (SSSR count). The van der Waals surface area contributed by atoms with Crippen molar-refractivity contribution in [2.75, 3.05) is 19.4 Å². The molecule has 0 radical (unpaired) electrons. The Hall–Kier alpha value is -2.27. The van der Waals surface area contributed by atoms with Gasteiger partial charge < -0.3 is 10.2 Å². The predicted molar refractivity (Wildman–Crippen MR) is 102 cm³/mol. The van der Waals surface area contributed by atoms with E-state index in [0.29, 0.717) is 0 Å². The van der Waals surface area contributed by atoms with Crippen LogP contribution in [-0.4, -0.2) is 30.1 Å². The zero-order valence-electron chi connectivity index (χ0n) is 14.5. The minimum absolute atomic E-state index is 0.0215. The van der Waals surface area contributed by atoms with Crippen molar-refractivity contribution < 1.29 is 9.59 Å². The van der Waals surface area contributed by atoms with Crippen molar-refractivity contribution in [2.24, 2.45) is 0 Å². The lowest BCUT2D eigenvalue weighted by Crippen LogP contribution is -2.24. The fourth-order valence-corrected chi connectivity index (χ4v) is 3.80. The largest absolute Gasteiger partial charge is 0.339 e. The molecule has 0 aliphatic heterocycles. The number of fused-ring (bicyclic) bond motifs is 1. The number of rotatable bonds is 3. The molecule has 2 amide bonds. The van der Waals surface area contributed by atoms with Crippen molar-refractivity contribution in [1.82, 2.24) is 4.90 Å². The van der Waals surface area contributed by atoms with Gasteiger partial charge in [0.05, 0.1) is 5.92 Å². The number of hydrogen-bond acceptors (Lipinski definition) is 3. The molecule has 5 heteroatoms. The molecular weight excluding hydrogens is 332 g/mol. The molecule has 0 saturated heterocycles. The standard InChI is InChI=1S/C20H22N2O2S/c1-22(2)20(24)25-16-10-6-9-15(13-16)21-19(23)18-12-5-8-14-7-3-4-11-17(14)18/h3-4,6-7,9-11,13,18H,5,8,12H2,1-2H3,(H,21,23). The van der Waals surface area contributed by atoms with Crippen molar-refractivity contribution in [1.29, 1.82) is 0 Å². The van der Waals surface area contributed by atoms with Gasteiger partial charge in [-0.2, -0.15) is 0 Å². The van der Waals surface area contributed by atoms with E-state index in [0.717, 1.165) is 47.2 Å². The molecule has 1 N–H and O–H groups in total. The summed E-state index contributed by atoms with van der Waals surface area (Å²) >= 11 is 1.15. The molecule has 1 aliphatic rings. The molecule has 0 heterocycles. The van der Waals surface area contributed by atoms with Gasteiger partial charge in [-0.05, 0) is 60.4 Å². The van der Waals surface area contributed by atoms with E-state index in [2.05, 4.69) is 17.4 Å². The van der Waals surface area contributed by atoms with E-state index >= 15 is 0 Å². The van der Waals surface area contributed by atoms with Crippen LogP contribution in [0.3, 0.4) is 0 Å². The number of amides is 2. The monoisotopic (exact) mass is 354 g/mol. The van der Waals surface area contributed by atoms with E-state index in [1.807, 2.05) is 36.4 Å². The molecule has 1 aliphatic carbocycles. The highest BCUT2D eigenvalue weighted by atomic mass is 32.2. The normalized spacial score (nSPS) is 16.0. The van der Waals surface area contributed by atoms with Gasteiger partial charge in [-0.15, -0.1) is 0 Å². The Morgan fingerprint density at radius 1 is 1.12 bits per heavy atom. The number of carbonyl (C=O) groups excluding carboxylic acids is 2. The number of aryl methyl sites for hydroxylation is 1. The highest BCUT2D eigenvalue weighted by Gasteiger charge is 2.26. The summed E-state index contributed by atoms with van der Waals surface area (Å²) in [7, 11) is 3.45. The molecule has 0 fully saturated rings. The maximum atomic E-state index is 12.8. The first-order chi connectivity index (χ1) is 12.0. The molecule has 0 saturated carbocycles. The van der Waals surface area contributed by atoms with Gasteiger partial charge in [-0.1, -0.05) is 30.3 Å². The van der Waals surface area contributed by atoms with Crippen molar-refractivity contribution in [3.05, 3.63) is 59.7 Å². The number of anilines is 1. The first-order valence-corrected chi connectivity index (χ1v) is 9.24. The van der Waals surface area contributed by atoms with Gasteiger partial charge in [0.15, 0.2) is 0 Å². The molecule has 130 valence electrons. The lowest BCUT2D eigenvalue weighted by atomic mass is 9.82. The van der Waals surface area contributed by atoms with E-state index in [1.165, 1.54) is 10.5 Å².